The zero-order valence-electron chi connectivity index (χ0n) is 10.8. The molecule has 2 bridgehead atoms. The number of amides is 1. The third-order valence-electron chi connectivity index (χ3n) is 3.41. The molecule has 1 N–H and O–H groups in total. The van der Waals surface area contributed by atoms with Crippen molar-refractivity contribution in [1.82, 2.24) is 5.32 Å². The van der Waals surface area contributed by atoms with Crippen LogP contribution in [0.4, 0.5) is 4.79 Å². The first kappa shape index (κ1) is 12.9. The van der Waals surface area contributed by atoms with Gasteiger partial charge in [0.2, 0.25) is 0 Å². The fraction of sp³-hybridized carbons (Fsp3) is 0.692. The number of hydrogen-bond donors (Lipinski definition) is 1. The van der Waals surface area contributed by atoms with Crippen LogP contribution in [0.2, 0.25) is 0 Å². The van der Waals surface area contributed by atoms with Crippen molar-refractivity contribution < 1.29 is 19.4 Å². The van der Waals surface area contributed by atoms with Crippen LogP contribution >= 0.6 is 0 Å². The number of carbonyl (C=O) groups is 2. The molecule has 100 valence electrons. The molecule has 2 aliphatic carbocycles. The first-order valence-corrected chi connectivity index (χ1v) is 6.16. The van der Waals surface area contributed by atoms with E-state index in [0.29, 0.717) is 0 Å². The van der Waals surface area contributed by atoms with Crippen LogP contribution in [0.1, 0.15) is 27.2 Å². The Bertz CT molecular complexity index is 396. The maximum atomic E-state index is 11.7. The summed E-state index contributed by atoms with van der Waals surface area (Å²) in [5.41, 5.74) is -0.589. The van der Waals surface area contributed by atoms with Gasteiger partial charge < -0.3 is 20.0 Å². The van der Waals surface area contributed by atoms with Crippen molar-refractivity contribution in [3.63, 3.8) is 0 Å². The van der Waals surface area contributed by atoms with E-state index in [1.165, 1.54) is 0 Å². The molecule has 1 fully saturated rings. The van der Waals surface area contributed by atoms with E-state index >= 15 is 0 Å². The summed E-state index contributed by atoms with van der Waals surface area (Å²) in [7, 11) is 0. The van der Waals surface area contributed by atoms with Gasteiger partial charge in [-0.1, -0.05) is 12.2 Å². The largest absolute Gasteiger partial charge is 0.550 e. The van der Waals surface area contributed by atoms with Gasteiger partial charge in [0.15, 0.2) is 0 Å². The normalized spacial score (nSPS) is 33.5. The molecule has 2 rings (SSSR count). The highest BCUT2D eigenvalue weighted by atomic mass is 16.6. The molecule has 0 spiro atoms. The van der Waals surface area contributed by atoms with Crippen LogP contribution in [0.15, 0.2) is 12.2 Å². The Balaban J connectivity index is 2.02. The van der Waals surface area contributed by atoms with Crippen molar-refractivity contribution in [2.75, 3.05) is 0 Å². The predicted molar refractivity (Wildman–Crippen MR) is 62.4 cm³/mol. The van der Waals surface area contributed by atoms with E-state index < -0.39 is 29.6 Å². The molecular formula is C13H18NO4-. The molecule has 5 nitrogen and oxygen atoms in total. The number of fused-ring (bicyclic) bond motifs is 2. The van der Waals surface area contributed by atoms with Crippen molar-refractivity contribution in [2.45, 2.75) is 38.8 Å². The molecule has 2 aliphatic rings. The quantitative estimate of drug-likeness (QED) is 0.724. The number of carboxylic acids is 1. The molecule has 0 saturated heterocycles. The minimum Gasteiger partial charge on any atom is -0.550 e. The second kappa shape index (κ2) is 4.30. The van der Waals surface area contributed by atoms with Gasteiger partial charge in [-0.3, -0.25) is 0 Å². The Kier molecular flexibility index (Phi) is 3.09. The van der Waals surface area contributed by atoms with Gasteiger partial charge in [0.25, 0.3) is 0 Å². The fourth-order valence-electron chi connectivity index (χ4n) is 2.78. The first-order chi connectivity index (χ1) is 8.28. The van der Waals surface area contributed by atoms with E-state index in [0.717, 1.165) is 6.42 Å². The number of rotatable bonds is 2. The highest BCUT2D eigenvalue weighted by molar-refractivity contribution is 5.74. The monoisotopic (exact) mass is 252 g/mol. The summed E-state index contributed by atoms with van der Waals surface area (Å²) in [4.78, 5) is 22.8. The maximum absolute atomic E-state index is 11.7. The molecule has 0 unspecified atom stereocenters. The minimum absolute atomic E-state index is 0.0278. The number of hydrogen-bond acceptors (Lipinski definition) is 4. The van der Waals surface area contributed by atoms with Crippen molar-refractivity contribution >= 4 is 12.1 Å². The van der Waals surface area contributed by atoms with Crippen molar-refractivity contribution in [3.8, 4) is 0 Å². The van der Waals surface area contributed by atoms with Crippen LogP contribution < -0.4 is 10.4 Å². The highest BCUT2D eigenvalue weighted by Gasteiger charge is 2.46. The number of aliphatic carboxylic acids is 1. The lowest BCUT2D eigenvalue weighted by Gasteiger charge is -2.30. The summed E-state index contributed by atoms with van der Waals surface area (Å²) in [5.74, 6) is -1.70. The maximum Gasteiger partial charge on any atom is 0.407 e. The Morgan fingerprint density at radius 3 is 2.44 bits per heavy atom. The van der Waals surface area contributed by atoms with Gasteiger partial charge in [0.1, 0.15) is 5.60 Å². The highest BCUT2D eigenvalue weighted by Crippen LogP contribution is 2.43. The van der Waals surface area contributed by atoms with E-state index in [1.807, 2.05) is 12.2 Å². The van der Waals surface area contributed by atoms with Gasteiger partial charge in [-0.2, -0.15) is 0 Å². The number of carboxylic acid groups (broad SMARTS) is 1. The van der Waals surface area contributed by atoms with E-state index in [-0.39, 0.29) is 11.8 Å². The summed E-state index contributed by atoms with van der Waals surface area (Å²) < 4.78 is 5.15. The van der Waals surface area contributed by atoms with Gasteiger partial charge in [0.05, 0.1) is 0 Å². The van der Waals surface area contributed by atoms with Gasteiger partial charge >= 0.3 is 6.09 Å². The van der Waals surface area contributed by atoms with Crippen LogP contribution in [-0.4, -0.2) is 23.7 Å². The van der Waals surface area contributed by atoms with Crippen LogP contribution in [0.3, 0.4) is 0 Å². The topological polar surface area (TPSA) is 78.5 Å². The number of allylic oxidation sites excluding steroid dienone is 1. The van der Waals surface area contributed by atoms with Crippen molar-refractivity contribution in [3.05, 3.63) is 12.2 Å². The smallest absolute Gasteiger partial charge is 0.407 e. The first-order valence-electron chi connectivity index (χ1n) is 6.16. The third-order valence-corrected chi connectivity index (χ3v) is 3.41. The zero-order valence-corrected chi connectivity index (χ0v) is 10.8. The average Bonchev–Trinajstić information content (AvgIpc) is 2.73. The Morgan fingerprint density at radius 1 is 1.28 bits per heavy atom. The van der Waals surface area contributed by atoms with Crippen LogP contribution in [-0.2, 0) is 9.53 Å². The number of carbonyl (C=O) groups excluding carboxylic acids is 2. The molecule has 0 radical (unpaired) electrons. The van der Waals surface area contributed by atoms with Gasteiger partial charge in [0, 0.05) is 17.9 Å². The molecule has 0 aromatic heterocycles. The SMILES string of the molecule is CC(C)(C)OC(=O)N[C@@H]1[C@H](C(=O)[O-])[C@H]2C=C[C@@H]1C2. The molecule has 18 heavy (non-hydrogen) atoms. The molecule has 1 amide bonds. The summed E-state index contributed by atoms with van der Waals surface area (Å²) >= 11 is 0. The second-order valence-corrected chi connectivity index (χ2v) is 5.97. The fourth-order valence-corrected chi connectivity index (χ4v) is 2.78. The standard InChI is InChI=1S/C13H19NO4/c1-13(2,3)18-12(17)14-10-8-5-4-7(6-8)9(10)11(15)16/h4-5,7-10H,6H2,1-3H3,(H,14,17)(H,15,16)/p-1/t7-,8+,9+,10-/m0/s1. The summed E-state index contributed by atoms with van der Waals surface area (Å²) in [6.07, 6.45) is 4.06. The van der Waals surface area contributed by atoms with Crippen LogP contribution in [0.5, 0.6) is 0 Å². The Labute approximate surface area is 106 Å². The van der Waals surface area contributed by atoms with Crippen molar-refractivity contribution in [1.29, 1.82) is 0 Å². The predicted octanol–water partition coefficient (Wildman–Crippen LogP) is 0.452. The van der Waals surface area contributed by atoms with Gasteiger partial charge in [-0.15, -0.1) is 0 Å². The zero-order chi connectivity index (χ0) is 13.5. The Hall–Kier alpha value is -1.52. The van der Waals surface area contributed by atoms with E-state index in [4.69, 9.17) is 4.74 Å². The molecule has 0 aliphatic heterocycles. The third kappa shape index (κ3) is 2.49. The summed E-state index contributed by atoms with van der Waals surface area (Å²) in [5, 5.41) is 13.8. The summed E-state index contributed by atoms with van der Waals surface area (Å²) in [6.45, 7) is 5.30. The Morgan fingerprint density at radius 2 is 1.89 bits per heavy atom. The molecule has 0 heterocycles. The van der Waals surface area contributed by atoms with Gasteiger partial charge in [-0.05, 0) is 39.0 Å². The second-order valence-electron chi connectivity index (χ2n) is 5.97. The lowest BCUT2D eigenvalue weighted by Crippen LogP contribution is -2.50. The molecular weight excluding hydrogens is 234 g/mol. The molecule has 4 atom stereocenters. The lowest BCUT2D eigenvalue weighted by molar-refractivity contribution is -0.313. The minimum atomic E-state index is -1.10. The van der Waals surface area contributed by atoms with Crippen LogP contribution in [0, 0.1) is 17.8 Å². The molecule has 0 aromatic rings. The molecule has 5 heteroatoms. The van der Waals surface area contributed by atoms with E-state index in [2.05, 4.69) is 5.32 Å². The summed E-state index contributed by atoms with van der Waals surface area (Å²) in [6, 6.07) is -0.417. The number of nitrogens with one attached hydrogen (secondary N) is 1. The van der Waals surface area contributed by atoms with E-state index in [1.54, 1.807) is 20.8 Å². The number of ether oxygens (including phenoxy) is 1. The van der Waals surface area contributed by atoms with E-state index in [9.17, 15) is 14.7 Å². The molecule has 0 aromatic carbocycles. The number of alkyl carbamates (subject to hydrolysis) is 1. The molecule has 1 saturated carbocycles. The average molecular weight is 252 g/mol. The van der Waals surface area contributed by atoms with Crippen LogP contribution in [0.25, 0.3) is 0 Å². The van der Waals surface area contributed by atoms with Gasteiger partial charge in [-0.25, -0.2) is 4.79 Å². The lowest BCUT2D eigenvalue weighted by atomic mass is 9.89. The van der Waals surface area contributed by atoms with Crippen molar-refractivity contribution in [2.24, 2.45) is 17.8 Å².